The van der Waals surface area contributed by atoms with Crippen molar-refractivity contribution in [1.29, 1.82) is 0 Å². The second-order valence-electron chi connectivity index (χ2n) is 6.08. The van der Waals surface area contributed by atoms with E-state index in [1.54, 1.807) is 12.1 Å². The van der Waals surface area contributed by atoms with Crippen LogP contribution in [0, 0.1) is 0 Å². The molecule has 1 aliphatic rings. The minimum Gasteiger partial charge on any atom is -0.467 e. The fraction of sp³-hybridized carbons (Fsp3) is 0.222. The van der Waals surface area contributed by atoms with E-state index >= 15 is 0 Å². The van der Waals surface area contributed by atoms with E-state index in [-0.39, 0.29) is 31.2 Å². The van der Waals surface area contributed by atoms with Crippen molar-refractivity contribution in [3.8, 4) is 0 Å². The number of benzene rings is 1. The fourth-order valence-corrected chi connectivity index (χ4v) is 3.75. The van der Waals surface area contributed by atoms with E-state index in [4.69, 9.17) is 4.42 Å². The maximum Gasteiger partial charge on any atom is 0.325 e. The minimum atomic E-state index is -0.714. The Kier molecular flexibility index (Phi) is 4.59. The van der Waals surface area contributed by atoms with Crippen molar-refractivity contribution in [3.63, 3.8) is 0 Å². The van der Waals surface area contributed by atoms with Gasteiger partial charge in [-0.2, -0.15) is 0 Å². The Hall–Kier alpha value is -3.20. The fourth-order valence-electron chi connectivity index (χ4n) is 2.86. The normalized spacial score (nSPS) is 16.7. The summed E-state index contributed by atoms with van der Waals surface area (Å²) in [6, 6.07) is 9.80. The van der Waals surface area contributed by atoms with Crippen LogP contribution >= 0.6 is 11.3 Å². The predicted molar refractivity (Wildman–Crippen MR) is 99.1 cm³/mol. The van der Waals surface area contributed by atoms with Crippen molar-refractivity contribution >= 4 is 44.5 Å². The van der Waals surface area contributed by atoms with Crippen LogP contribution < -0.4 is 10.6 Å². The van der Waals surface area contributed by atoms with E-state index in [0.29, 0.717) is 10.9 Å². The third kappa shape index (κ3) is 3.68. The molecule has 0 bridgehead atoms. The first-order valence-corrected chi connectivity index (χ1v) is 9.21. The van der Waals surface area contributed by atoms with E-state index in [0.717, 1.165) is 15.1 Å². The van der Waals surface area contributed by atoms with Gasteiger partial charge >= 0.3 is 6.03 Å². The molecule has 27 heavy (non-hydrogen) atoms. The molecule has 0 saturated carbocycles. The van der Waals surface area contributed by atoms with Crippen LogP contribution in [0.4, 0.5) is 9.93 Å². The first-order valence-electron chi connectivity index (χ1n) is 8.40. The summed E-state index contributed by atoms with van der Waals surface area (Å²) < 4.78 is 6.16. The number of anilines is 1. The smallest absolute Gasteiger partial charge is 0.325 e. The van der Waals surface area contributed by atoms with Gasteiger partial charge < -0.3 is 15.1 Å². The number of hydrogen-bond acceptors (Lipinski definition) is 6. The van der Waals surface area contributed by atoms with Crippen molar-refractivity contribution in [2.75, 3.05) is 5.32 Å². The van der Waals surface area contributed by atoms with Gasteiger partial charge in [0.2, 0.25) is 5.91 Å². The highest BCUT2D eigenvalue weighted by atomic mass is 32.1. The molecule has 0 unspecified atom stereocenters. The number of para-hydroxylation sites is 1. The summed E-state index contributed by atoms with van der Waals surface area (Å²) in [6.45, 7) is 0.0755. The molecule has 8 nitrogen and oxygen atoms in total. The third-order valence-electron chi connectivity index (χ3n) is 4.20. The molecule has 1 saturated heterocycles. The topological polar surface area (TPSA) is 105 Å². The summed E-state index contributed by atoms with van der Waals surface area (Å²) in [5, 5.41) is 5.87. The Morgan fingerprint density at radius 3 is 2.89 bits per heavy atom. The SMILES string of the molecule is O=C(CC[C@@H]1NC(=O)N(Cc2ccco2)C1=O)Nc1nc2ccccc2s1. The molecule has 4 rings (SSSR count). The van der Waals surface area contributed by atoms with Gasteiger partial charge in [-0.1, -0.05) is 23.5 Å². The van der Waals surface area contributed by atoms with Crippen LogP contribution in [-0.2, 0) is 16.1 Å². The Morgan fingerprint density at radius 1 is 1.26 bits per heavy atom. The third-order valence-corrected chi connectivity index (χ3v) is 5.15. The zero-order valence-corrected chi connectivity index (χ0v) is 15.0. The average Bonchev–Trinajstić information content (AvgIpc) is 3.36. The number of nitrogens with zero attached hydrogens (tertiary/aromatic N) is 2. The molecule has 9 heteroatoms. The number of thiazole rings is 1. The van der Waals surface area contributed by atoms with E-state index in [9.17, 15) is 14.4 Å². The largest absolute Gasteiger partial charge is 0.467 e. The number of carbonyl (C=O) groups is 3. The number of aromatic nitrogens is 1. The Bertz CT molecular complexity index is 965. The van der Waals surface area contributed by atoms with Gasteiger partial charge in [-0.25, -0.2) is 9.78 Å². The number of amides is 4. The quantitative estimate of drug-likeness (QED) is 0.636. The number of nitrogens with one attached hydrogen (secondary N) is 2. The van der Waals surface area contributed by atoms with E-state index in [2.05, 4.69) is 15.6 Å². The summed E-state index contributed by atoms with van der Waals surface area (Å²) in [6.07, 6.45) is 1.80. The molecule has 2 aromatic heterocycles. The summed E-state index contributed by atoms with van der Waals surface area (Å²) in [7, 11) is 0. The summed E-state index contributed by atoms with van der Waals surface area (Å²) in [4.78, 5) is 42.0. The number of hydrogen-bond donors (Lipinski definition) is 2. The molecule has 0 radical (unpaired) electrons. The van der Waals surface area contributed by atoms with Gasteiger partial charge in [0, 0.05) is 6.42 Å². The summed E-state index contributed by atoms with van der Waals surface area (Å²) in [5.41, 5.74) is 0.824. The number of furan rings is 1. The van der Waals surface area contributed by atoms with Gasteiger partial charge in [-0.3, -0.25) is 14.5 Å². The second-order valence-corrected chi connectivity index (χ2v) is 7.11. The summed E-state index contributed by atoms with van der Waals surface area (Å²) >= 11 is 1.39. The van der Waals surface area contributed by atoms with Gasteiger partial charge in [0.15, 0.2) is 5.13 Å². The highest BCUT2D eigenvalue weighted by Gasteiger charge is 2.38. The van der Waals surface area contributed by atoms with Crippen LogP contribution in [0.1, 0.15) is 18.6 Å². The molecule has 1 fully saturated rings. The molecule has 1 aliphatic heterocycles. The number of fused-ring (bicyclic) bond motifs is 1. The molecule has 1 atom stereocenters. The monoisotopic (exact) mass is 384 g/mol. The number of urea groups is 1. The van der Waals surface area contributed by atoms with Crippen LogP contribution in [0.15, 0.2) is 47.1 Å². The van der Waals surface area contributed by atoms with Gasteiger partial charge in [0.1, 0.15) is 11.8 Å². The first kappa shape index (κ1) is 17.2. The molecule has 3 heterocycles. The highest BCUT2D eigenvalue weighted by Crippen LogP contribution is 2.25. The van der Waals surface area contributed by atoms with Crippen LogP contribution in [0.5, 0.6) is 0 Å². The number of rotatable bonds is 6. The van der Waals surface area contributed by atoms with Crippen molar-refractivity contribution < 1.29 is 18.8 Å². The predicted octanol–water partition coefficient (Wildman–Crippen LogP) is 2.73. The highest BCUT2D eigenvalue weighted by molar-refractivity contribution is 7.22. The molecule has 4 amide bonds. The molecule has 0 aliphatic carbocycles. The van der Waals surface area contributed by atoms with E-state index < -0.39 is 12.1 Å². The Labute approximate surface area is 158 Å². The maximum atomic E-state index is 12.4. The Balaban J connectivity index is 1.32. The molecular weight excluding hydrogens is 368 g/mol. The molecule has 1 aromatic carbocycles. The minimum absolute atomic E-state index is 0.0755. The van der Waals surface area contributed by atoms with Crippen LogP contribution in [0.25, 0.3) is 10.2 Å². The number of imide groups is 1. The second kappa shape index (κ2) is 7.20. The van der Waals surface area contributed by atoms with Crippen molar-refractivity contribution in [3.05, 3.63) is 48.4 Å². The average molecular weight is 384 g/mol. The molecule has 3 aromatic rings. The van der Waals surface area contributed by atoms with Crippen molar-refractivity contribution in [2.24, 2.45) is 0 Å². The lowest BCUT2D eigenvalue weighted by Gasteiger charge is -2.11. The van der Waals surface area contributed by atoms with Gasteiger partial charge in [0.05, 0.1) is 23.0 Å². The maximum absolute atomic E-state index is 12.4. The lowest BCUT2D eigenvalue weighted by atomic mass is 10.1. The van der Waals surface area contributed by atoms with E-state index in [1.165, 1.54) is 17.6 Å². The van der Waals surface area contributed by atoms with Crippen molar-refractivity contribution in [2.45, 2.75) is 25.4 Å². The molecule has 0 spiro atoms. The van der Waals surface area contributed by atoms with Gasteiger partial charge in [-0.05, 0) is 30.7 Å². The number of carbonyl (C=O) groups excluding carboxylic acids is 3. The zero-order chi connectivity index (χ0) is 18.8. The lowest BCUT2D eigenvalue weighted by molar-refractivity contribution is -0.128. The molecule has 2 N–H and O–H groups in total. The van der Waals surface area contributed by atoms with Crippen LogP contribution in [0.3, 0.4) is 0 Å². The van der Waals surface area contributed by atoms with E-state index in [1.807, 2.05) is 24.3 Å². The Morgan fingerprint density at radius 2 is 2.11 bits per heavy atom. The standard InChI is InChI=1S/C18H16N4O4S/c23-15(21-17-19-12-5-1-2-6-14(12)27-17)8-7-13-16(24)22(18(25)20-13)10-11-4-3-9-26-11/h1-6,9,13H,7-8,10H2,(H,20,25)(H,19,21,23)/t13-/m0/s1. The summed E-state index contributed by atoms with van der Waals surface area (Å²) in [5.74, 6) is -0.0856. The van der Waals surface area contributed by atoms with Gasteiger partial charge in [0.25, 0.3) is 5.91 Å². The molecular formula is C18H16N4O4S. The molecule has 138 valence electrons. The van der Waals surface area contributed by atoms with Crippen molar-refractivity contribution in [1.82, 2.24) is 15.2 Å². The lowest BCUT2D eigenvalue weighted by Crippen LogP contribution is -2.31. The van der Waals surface area contributed by atoms with Gasteiger partial charge in [-0.15, -0.1) is 0 Å². The zero-order valence-electron chi connectivity index (χ0n) is 14.2. The van der Waals surface area contributed by atoms with Crippen LogP contribution in [-0.4, -0.2) is 33.8 Å². The first-order chi connectivity index (χ1) is 13.1. The van der Waals surface area contributed by atoms with Crippen LogP contribution in [0.2, 0.25) is 0 Å².